The molecular weight excluding hydrogens is 372 g/mol. The highest BCUT2D eigenvalue weighted by atomic mass is 35.5. The molecule has 2 aromatic rings. The van der Waals surface area contributed by atoms with Gasteiger partial charge in [0, 0.05) is 5.02 Å². The first kappa shape index (κ1) is 20.2. The third kappa shape index (κ3) is 5.44. The Hall–Kier alpha value is -2.11. The molecule has 0 aliphatic carbocycles. The van der Waals surface area contributed by atoms with Crippen molar-refractivity contribution in [2.75, 3.05) is 0 Å². The van der Waals surface area contributed by atoms with Gasteiger partial charge in [0.15, 0.2) is 15.1 Å². The van der Waals surface area contributed by atoms with Gasteiger partial charge in [0.2, 0.25) is 0 Å². The summed E-state index contributed by atoms with van der Waals surface area (Å²) in [4.78, 5) is 11.5. The van der Waals surface area contributed by atoms with E-state index in [0.29, 0.717) is 17.9 Å². The Morgan fingerprint density at radius 2 is 1.73 bits per heavy atom. The Balaban J connectivity index is 1.98. The zero-order chi connectivity index (χ0) is 19.2. The second kappa shape index (κ2) is 9.01. The van der Waals surface area contributed by atoms with Gasteiger partial charge in [-0.1, -0.05) is 53.6 Å². The van der Waals surface area contributed by atoms with E-state index in [1.54, 1.807) is 24.3 Å². The predicted octanol–water partition coefficient (Wildman–Crippen LogP) is 4.76. The van der Waals surface area contributed by atoms with Crippen molar-refractivity contribution in [1.82, 2.24) is 0 Å². The quantitative estimate of drug-likeness (QED) is 0.657. The summed E-state index contributed by atoms with van der Waals surface area (Å²) in [6.45, 7) is 1.85. The van der Waals surface area contributed by atoms with Crippen molar-refractivity contribution in [3.05, 3.63) is 70.8 Å². The maximum atomic E-state index is 12.6. The zero-order valence-electron chi connectivity index (χ0n) is 14.4. The Morgan fingerprint density at radius 1 is 1.12 bits per heavy atom. The second-order valence-electron chi connectivity index (χ2n) is 6.07. The molecule has 0 amide bonds. The van der Waals surface area contributed by atoms with Gasteiger partial charge in [0.25, 0.3) is 0 Å². The van der Waals surface area contributed by atoms with Gasteiger partial charge in [-0.05, 0) is 56.0 Å². The van der Waals surface area contributed by atoms with E-state index in [2.05, 4.69) is 0 Å². The van der Waals surface area contributed by atoms with E-state index in [0.717, 1.165) is 11.1 Å². The first-order chi connectivity index (χ1) is 12.3. The lowest BCUT2D eigenvalue weighted by Crippen LogP contribution is -2.30. The first-order valence-electron chi connectivity index (χ1n) is 8.26. The van der Waals surface area contributed by atoms with Crippen molar-refractivity contribution in [2.24, 2.45) is 0 Å². The van der Waals surface area contributed by atoms with Gasteiger partial charge in [-0.3, -0.25) is 4.79 Å². The van der Waals surface area contributed by atoms with Gasteiger partial charge in [-0.15, -0.1) is 0 Å². The standard InChI is InChI=1S/C20H21ClO4S/c1-15-7-13-18(14-8-15)26(24,25)19(20(22)23)6-4-2-3-5-16-9-11-17(21)12-10-16/h3,5,7-14,19H,2,4,6H2,1H3,(H,22,23)/b5-3+. The largest absolute Gasteiger partial charge is 0.480 e. The predicted molar refractivity (Wildman–Crippen MR) is 104 cm³/mol. The van der Waals surface area contributed by atoms with Crippen molar-refractivity contribution >= 4 is 33.5 Å². The van der Waals surface area contributed by atoms with Crippen LogP contribution in [0, 0.1) is 6.92 Å². The minimum atomic E-state index is -3.90. The molecule has 1 unspecified atom stereocenters. The van der Waals surface area contributed by atoms with Crippen molar-refractivity contribution in [3.63, 3.8) is 0 Å². The summed E-state index contributed by atoms with van der Waals surface area (Å²) in [6.07, 6.45) is 4.93. The van der Waals surface area contributed by atoms with Crippen molar-refractivity contribution in [1.29, 1.82) is 0 Å². The summed E-state index contributed by atoms with van der Waals surface area (Å²) in [6, 6.07) is 13.6. The Kier molecular flexibility index (Phi) is 7.00. The highest BCUT2D eigenvalue weighted by Gasteiger charge is 2.33. The fourth-order valence-corrected chi connectivity index (χ4v) is 4.23. The summed E-state index contributed by atoms with van der Waals surface area (Å²) in [5.74, 6) is -1.31. The minimum absolute atomic E-state index is 0.0483. The maximum Gasteiger partial charge on any atom is 0.322 e. The van der Waals surface area contributed by atoms with Crippen LogP contribution in [0.25, 0.3) is 6.08 Å². The Morgan fingerprint density at radius 3 is 2.31 bits per heavy atom. The molecule has 0 fully saturated rings. The van der Waals surface area contributed by atoms with Crippen molar-refractivity contribution in [3.8, 4) is 0 Å². The zero-order valence-corrected chi connectivity index (χ0v) is 16.0. The van der Waals surface area contributed by atoms with E-state index in [9.17, 15) is 18.3 Å². The molecule has 1 N–H and O–H groups in total. The number of allylic oxidation sites excluding steroid dienone is 1. The van der Waals surface area contributed by atoms with Crippen LogP contribution in [0.3, 0.4) is 0 Å². The van der Waals surface area contributed by atoms with Crippen molar-refractivity contribution < 1.29 is 18.3 Å². The molecule has 0 aliphatic rings. The topological polar surface area (TPSA) is 71.4 Å². The van der Waals surface area contributed by atoms with Crippen LogP contribution in [0.5, 0.6) is 0 Å². The molecule has 0 aliphatic heterocycles. The van der Waals surface area contributed by atoms with Gasteiger partial charge in [-0.2, -0.15) is 0 Å². The van der Waals surface area contributed by atoms with E-state index >= 15 is 0 Å². The first-order valence-corrected chi connectivity index (χ1v) is 10.2. The molecular formula is C20H21ClO4S. The lowest BCUT2D eigenvalue weighted by atomic mass is 10.1. The van der Waals surface area contributed by atoms with Gasteiger partial charge in [-0.25, -0.2) is 8.42 Å². The smallest absolute Gasteiger partial charge is 0.322 e. The molecule has 6 heteroatoms. The lowest BCUT2D eigenvalue weighted by Gasteiger charge is -2.13. The number of rotatable bonds is 8. The number of hydrogen-bond acceptors (Lipinski definition) is 3. The molecule has 0 spiro atoms. The molecule has 2 rings (SSSR count). The van der Waals surface area contributed by atoms with Crippen molar-refractivity contribution in [2.45, 2.75) is 36.3 Å². The third-order valence-electron chi connectivity index (χ3n) is 4.02. The number of sulfone groups is 1. The summed E-state index contributed by atoms with van der Waals surface area (Å²) in [5, 5.41) is 8.60. The molecule has 0 saturated heterocycles. The monoisotopic (exact) mass is 392 g/mol. The number of unbranched alkanes of at least 4 members (excludes halogenated alkanes) is 1. The average molecular weight is 393 g/mol. The second-order valence-corrected chi connectivity index (χ2v) is 8.64. The SMILES string of the molecule is Cc1ccc(S(=O)(=O)C(CCC/C=C/c2ccc(Cl)cc2)C(=O)O)cc1. The molecule has 1 atom stereocenters. The number of carboxylic acids is 1. The summed E-state index contributed by atoms with van der Waals surface area (Å²) in [5.41, 5.74) is 1.90. The molecule has 4 nitrogen and oxygen atoms in total. The fraction of sp³-hybridized carbons (Fsp3) is 0.250. The fourth-order valence-electron chi connectivity index (χ4n) is 2.52. The number of aryl methyl sites for hydroxylation is 1. The normalized spacial score (nSPS) is 13.0. The van der Waals surface area contributed by atoms with Gasteiger partial charge in [0.05, 0.1) is 4.90 Å². The van der Waals surface area contributed by atoms with Crippen LogP contribution in [0.4, 0.5) is 0 Å². The lowest BCUT2D eigenvalue weighted by molar-refractivity contribution is -0.136. The van der Waals surface area contributed by atoms with E-state index in [1.807, 2.05) is 31.2 Å². The molecule has 0 bridgehead atoms. The number of hydrogen-bond donors (Lipinski definition) is 1. The Bertz CT molecular complexity index is 869. The molecule has 0 heterocycles. The van der Waals surface area contributed by atoms with Crippen LogP contribution in [0.2, 0.25) is 5.02 Å². The summed E-state index contributed by atoms with van der Waals surface area (Å²) in [7, 11) is -3.90. The molecule has 0 saturated carbocycles. The van der Waals surface area contributed by atoms with E-state index in [1.165, 1.54) is 12.1 Å². The average Bonchev–Trinajstić information content (AvgIpc) is 2.59. The van der Waals surface area contributed by atoms with E-state index in [-0.39, 0.29) is 11.3 Å². The molecule has 0 aromatic heterocycles. The van der Waals surface area contributed by atoms with Gasteiger partial charge in [0.1, 0.15) is 0 Å². The van der Waals surface area contributed by atoms with Crippen LogP contribution in [-0.4, -0.2) is 24.7 Å². The number of benzene rings is 2. The number of carbonyl (C=O) groups is 1. The maximum absolute atomic E-state index is 12.6. The van der Waals surface area contributed by atoms with Crippen LogP contribution in [0.1, 0.15) is 30.4 Å². The van der Waals surface area contributed by atoms with E-state index < -0.39 is 21.1 Å². The third-order valence-corrected chi connectivity index (χ3v) is 6.38. The minimum Gasteiger partial charge on any atom is -0.480 e. The van der Waals surface area contributed by atoms with Crippen LogP contribution in [-0.2, 0) is 14.6 Å². The molecule has 2 aromatic carbocycles. The molecule has 0 radical (unpaired) electrons. The van der Waals surface area contributed by atoms with Gasteiger partial charge >= 0.3 is 5.97 Å². The number of carboxylic acid groups (broad SMARTS) is 1. The van der Waals surface area contributed by atoms with Crippen LogP contribution < -0.4 is 0 Å². The highest BCUT2D eigenvalue weighted by molar-refractivity contribution is 7.92. The number of halogens is 1. The molecule has 26 heavy (non-hydrogen) atoms. The van der Waals surface area contributed by atoms with Crippen LogP contribution >= 0.6 is 11.6 Å². The summed E-state index contributed by atoms with van der Waals surface area (Å²) >= 11 is 5.83. The van der Waals surface area contributed by atoms with Crippen LogP contribution in [0.15, 0.2) is 59.5 Å². The Labute approximate surface area is 159 Å². The molecule has 138 valence electrons. The van der Waals surface area contributed by atoms with Gasteiger partial charge < -0.3 is 5.11 Å². The number of aliphatic carboxylic acids is 1. The van der Waals surface area contributed by atoms with E-state index in [4.69, 9.17) is 11.6 Å². The highest BCUT2D eigenvalue weighted by Crippen LogP contribution is 2.21. The summed E-state index contributed by atoms with van der Waals surface area (Å²) < 4.78 is 25.2.